The Bertz CT molecular complexity index is 768. The van der Waals surface area contributed by atoms with E-state index < -0.39 is 0 Å². The molecule has 1 fully saturated rings. The third-order valence-electron chi connectivity index (χ3n) is 5.50. The SMILES string of the molecule is CN(C(=O)OCc1ccccc1)C1Cc2cccc(C3CCCC3)c2O1. The normalized spacial score (nSPS) is 19.0. The van der Waals surface area contributed by atoms with Gasteiger partial charge in [-0.05, 0) is 29.9 Å². The summed E-state index contributed by atoms with van der Waals surface area (Å²) >= 11 is 0. The van der Waals surface area contributed by atoms with Gasteiger partial charge in [0.05, 0.1) is 0 Å². The highest BCUT2D eigenvalue weighted by Crippen LogP contribution is 2.43. The predicted molar refractivity (Wildman–Crippen MR) is 100 cm³/mol. The van der Waals surface area contributed by atoms with Crippen LogP contribution in [0.3, 0.4) is 0 Å². The van der Waals surface area contributed by atoms with E-state index in [1.165, 1.54) is 36.8 Å². The van der Waals surface area contributed by atoms with Crippen molar-refractivity contribution >= 4 is 6.09 Å². The predicted octanol–water partition coefficient (Wildman–Crippen LogP) is 4.87. The molecule has 4 nitrogen and oxygen atoms in total. The topological polar surface area (TPSA) is 38.8 Å². The molecule has 1 heterocycles. The zero-order chi connectivity index (χ0) is 17.9. The van der Waals surface area contributed by atoms with Gasteiger partial charge in [-0.15, -0.1) is 0 Å². The smallest absolute Gasteiger partial charge is 0.412 e. The summed E-state index contributed by atoms with van der Waals surface area (Å²) in [4.78, 5) is 14.0. The van der Waals surface area contributed by atoms with Crippen LogP contribution >= 0.6 is 0 Å². The lowest BCUT2D eigenvalue weighted by Gasteiger charge is -2.24. The number of likely N-dealkylation sites (N-methyl/N-ethyl adjacent to an activating group) is 1. The number of para-hydroxylation sites is 1. The highest BCUT2D eigenvalue weighted by atomic mass is 16.6. The number of nitrogens with zero attached hydrogens (tertiary/aromatic N) is 1. The molecule has 1 unspecified atom stereocenters. The lowest BCUT2D eigenvalue weighted by atomic mass is 9.94. The highest BCUT2D eigenvalue weighted by molar-refractivity contribution is 5.68. The molecule has 0 aromatic heterocycles. The van der Waals surface area contributed by atoms with Crippen molar-refractivity contribution in [1.82, 2.24) is 4.90 Å². The Balaban J connectivity index is 1.40. The molecule has 2 aromatic carbocycles. The number of carbonyl (C=O) groups excluding carboxylic acids is 1. The largest absolute Gasteiger partial charge is 0.469 e. The second-order valence-corrected chi connectivity index (χ2v) is 7.24. The van der Waals surface area contributed by atoms with Crippen LogP contribution in [0.2, 0.25) is 0 Å². The van der Waals surface area contributed by atoms with Crippen LogP contribution in [0.5, 0.6) is 5.75 Å². The molecule has 4 rings (SSSR count). The molecule has 0 radical (unpaired) electrons. The minimum atomic E-state index is -0.353. The van der Waals surface area contributed by atoms with Crippen LogP contribution in [0.1, 0.15) is 48.3 Å². The standard InChI is InChI=1S/C22H25NO3/c1-23(22(24)25-15-16-8-3-2-4-9-16)20-14-18-12-7-13-19(21(18)26-20)17-10-5-6-11-17/h2-4,7-9,12-13,17,20H,5-6,10-11,14-15H2,1H3. The van der Waals surface area contributed by atoms with E-state index in [-0.39, 0.29) is 18.9 Å². The van der Waals surface area contributed by atoms with Gasteiger partial charge in [-0.25, -0.2) is 4.79 Å². The van der Waals surface area contributed by atoms with Gasteiger partial charge in [-0.1, -0.05) is 61.4 Å². The summed E-state index contributed by atoms with van der Waals surface area (Å²) in [6.45, 7) is 0.275. The van der Waals surface area contributed by atoms with E-state index in [1.807, 2.05) is 30.3 Å². The van der Waals surface area contributed by atoms with E-state index in [0.717, 1.165) is 11.3 Å². The van der Waals surface area contributed by atoms with Crippen LogP contribution in [-0.2, 0) is 17.8 Å². The van der Waals surface area contributed by atoms with Crippen molar-refractivity contribution in [1.29, 1.82) is 0 Å². The number of hydrogen-bond donors (Lipinski definition) is 0. The first-order valence-corrected chi connectivity index (χ1v) is 9.44. The lowest BCUT2D eigenvalue weighted by molar-refractivity contribution is 0.0369. The van der Waals surface area contributed by atoms with Crippen LogP contribution < -0.4 is 4.74 Å². The Labute approximate surface area is 154 Å². The molecular weight excluding hydrogens is 326 g/mol. The summed E-state index contributed by atoms with van der Waals surface area (Å²) in [7, 11) is 1.75. The number of hydrogen-bond acceptors (Lipinski definition) is 3. The van der Waals surface area contributed by atoms with Gasteiger partial charge in [0.15, 0.2) is 6.23 Å². The van der Waals surface area contributed by atoms with E-state index >= 15 is 0 Å². The van der Waals surface area contributed by atoms with Crippen molar-refractivity contribution in [2.45, 2.75) is 50.9 Å². The molecule has 1 atom stereocenters. The first kappa shape index (κ1) is 17.0. The molecule has 0 N–H and O–H groups in total. The maximum atomic E-state index is 12.4. The molecular formula is C22H25NO3. The van der Waals surface area contributed by atoms with Crippen LogP contribution in [0, 0.1) is 0 Å². The van der Waals surface area contributed by atoms with Crippen LogP contribution in [0.4, 0.5) is 4.79 Å². The number of carbonyl (C=O) groups is 1. The van der Waals surface area contributed by atoms with Crippen LogP contribution in [-0.4, -0.2) is 24.3 Å². The molecule has 0 spiro atoms. The summed E-state index contributed by atoms with van der Waals surface area (Å²) in [5, 5.41) is 0. The van der Waals surface area contributed by atoms with Crippen molar-refractivity contribution < 1.29 is 14.3 Å². The van der Waals surface area contributed by atoms with E-state index in [9.17, 15) is 4.79 Å². The molecule has 4 heteroatoms. The fourth-order valence-electron chi connectivity index (χ4n) is 3.99. The van der Waals surface area contributed by atoms with Gasteiger partial charge in [0, 0.05) is 19.0 Å². The van der Waals surface area contributed by atoms with E-state index in [2.05, 4.69) is 18.2 Å². The molecule has 2 aliphatic rings. The van der Waals surface area contributed by atoms with Crippen molar-refractivity contribution in [2.75, 3.05) is 7.05 Å². The maximum Gasteiger partial charge on any atom is 0.412 e. The molecule has 0 saturated heterocycles. The van der Waals surface area contributed by atoms with Gasteiger partial charge >= 0.3 is 6.09 Å². The monoisotopic (exact) mass is 351 g/mol. The van der Waals surface area contributed by atoms with Crippen molar-refractivity contribution in [3.63, 3.8) is 0 Å². The number of ether oxygens (including phenoxy) is 2. The Morgan fingerprint density at radius 2 is 1.88 bits per heavy atom. The first-order valence-electron chi connectivity index (χ1n) is 9.44. The number of benzene rings is 2. The summed E-state index contributed by atoms with van der Waals surface area (Å²) in [6.07, 6.45) is 5.13. The van der Waals surface area contributed by atoms with Crippen molar-refractivity contribution in [3.05, 3.63) is 65.2 Å². The first-order chi connectivity index (χ1) is 12.7. The molecule has 1 aliphatic heterocycles. The zero-order valence-electron chi connectivity index (χ0n) is 15.2. The fourth-order valence-corrected chi connectivity index (χ4v) is 3.99. The summed E-state index contributed by atoms with van der Waals surface area (Å²) in [5.74, 6) is 1.59. The quantitative estimate of drug-likeness (QED) is 0.788. The average Bonchev–Trinajstić information content (AvgIpc) is 3.35. The van der Waals surface area contributed by atoms with Gasteiger partial charge in [-0.3, -0.25) is 4.90 Å². The average molecular weight is 351 g/mol. The van der Waals surface area contributed by atoms with E-state index in [4.69, 9.17) is 9.47 Å². The van der Waals surface area contributed by atoms with Crippen LogP contribution in [0.25, 0.3) is 0 Å². The Kier molecular flexibility index (Phi) is 4.83. The number of fused-ring (bicyclic) bond motifs is 1. The lowest BCUT2D eigenvalue weighted by Crippen LogP contribution is -2.40. The molecule has 0 bridgehead atoms. The summed E-state index contributed by atoms with van der Waals surface area (Å²) in [6, 6.07) is 16.1. The summed E-state index contributed by atoms with van der Waals surface area (Å²) in [5.41, 5.74) is 3.49. The maximum absolute atomic E-state index is 12.4. The van der Waals surface area contributed by atoms with Crippen LogP contribution in [0.15, 0.2) is 48.5 Å². The second kappa shape index (κ2) is 7.40. The molecule has 136 valence electrons. The molecule has 26 heavy (non-hydrogen) atoms. The fraction of sp³-hybridized carbons (Fsp3) is 0.409. The van der Waals surface area contributed by atoms with Gasteiger partial charge in [0.1, 0.15) is 12.4 Å². The Morgan fingerprint density at radius 1 is 1.12 bits per heavy atom. The van der Waals surface area contributed by atoms with Gasteiger partial charge in [0.2, 0.25) is 0 Å². The van der Waals surface area contributed by atoms with Gasteiger partial charge in [-0.2, -0.15) is 0 Å². The minimum Gasteiger partial charge on any atom is -0.469 e. The van der Waals surface area contributed by atoms with Gasteiger partial charge < -0.3 is 9.47 Å². The third kappa shape index (κ3) is 3.41. The minimum absolute atomic E-state index is 0.275. The van der Waals surface area contributed by atoms with E-state index in [1.54, 1.807) is 11.9 Å². The number of amides is 1. The van der Waals surface area contributed by atoms with Crippen molar-refractivity contribution in [3.8, 4) is 5.75 Å². The second-order valence-electron chi connectivity index (χ2n) is 7.24. The molecule has 1 aliphatic carbocycles. The molecule has 1 saturated carbocycles. The number of rotatable bonds is 4. The van der Waals surface area contributed by atoms with Gasteiger partial charge in [0.25, 0.3) is 0 Å². The Hall–Kier alpha value is -2.49. The Morgan fingerprint density at radius 3 is 2.65 bits per heavy atom. The van der Waals surface area contributed by atoms with Crippen molar-refractivity contribution in [2.24, 2.45) is 0 Å². The molecule has 2 aromatic rings. The summed E-state index contributed by atoms with van der Waals surface area (Å²) < 4.78 is 11.6. The zero-order valence-corrected chi connectivity index (χ0v) is 15.2. The third-order valence-corrected chi connectivity index (χ3v) is 5.50. The highest BCUT2D eigenvalue weighted by Gasteiger charge is 2.33. The molecule has 1 amide bonds. The van der Waals surface area contributed by atoms with E-state index in [0.29, 0.717) is 12.3 Å².